The van der Waals surface area contributed by atoms with Crippen LogP contribution in [-0.2, 0) is 13.0 Å². The summed E-state index contributed by atoms with van der Waals surface area (Å²) in [5.74, 6) is 6.36. The van der Waals surface area contributed by atoms with Gasteiger partial charge in [0.05, 0.1) is 6.20 Å². The number of piperazine rings is 1. The summed E-state index contributed by atoms with van der Waals surface area (Å²) in [7, 11) is 2.18. The van der Waals surface area contributed by atoms with Crippen molar-refractivity contribution < 1.29 is 4.79 Å². The molecule has 176 valence electrons. The quantitative estimate of drug-likeness (QED) is 0.334. The summed E-state index contributed by atoms with van der Waals surface area (Å²) in [4.78, 5) is 22.2. The first-order valence-corrected chi connectivity index (χ1v) is 12.0. The van der Waals surface area contributed by atoms with E-state index in [0.717, 1.165) is 49.5 Å². The number of aryl methyl sites for hydroxylation is 1. The van der Waals surface area contributed by atoms with E-state index in [-0.39, 0.29) is 5.78 Å². The zero-order valence-corrected chi connectivity index (χ0v) is 20.2. The minimum atomic E-state index is 0.0938. The first-order chi connectivity index (χ1) is 17.0. The number of fused-ring (bicyclic) bond motifs is 1. The summed E-state index contributed by atoms with van der Waals surface area (Å²) in [6.45, 7) is 7.55. The van der Waals surface area contributed by atoms with Gasteiger partial charge in [0.1, 0.15) is 5.69 Å². The average Bonchev–Trinajstić information content (AvgIpc) is 3.29. The van der Waals surface area contributed by atoms with Gasteiger partial charge in [-0.2, -0.15) is 5.10 Å². The highest BCUT2D eigenvalue weighted by atomic mass is 16.1. The zero-order valence-electron chi connectivity index (χ0n) is 20.2. The van der Waals surface area contributed by atoms with Gasteiger partial charge in [0, 0.05) is 56.5 Å². The molecule has 0 atom stereocenters. The number of rotatable bonds is 5. The fourth-order valence-electron chi connectivity index (χ4n) is 4.40. The van der Waals surface area contributed by atoms with Crippen molar-refractivity contribution in [3.8, 4) is 11.8 Å². The summed E-state index contributed by atoms with van der Waals surface area (Å²) >= 11 is 0. The number of imidazole rings is 1. The van der Waals surface area contributed by atoms with Crippen LogP contribution in [0.2, 0.25) is 0 Å². The highest BCUT2D eigenvalue weighted by Gasteiger charge is 2.15. The predicted octanol–water partition coefficient (Wildman–Crippen LogP) is 3.61. The molecular formula is C29H29N5O. The van der Waals surface area contributed by atoms with E-state index >= 15 is 0 Å². The van der Waals surface area contributed by atoms with E-state index in [0.29, 0.717) is 17.7 Å². The number of hydrogen-bond donors (Lipinski definition) is 0. The molecule has 2 aromatic heterocycles. The molecule has 0 aliphatic carbocycles. The molecule has 6 nitrogen and oxygen atoms in total. The maximum Gasteiger partial charge on any atom is 0.167 e. The number of ketones is 1. The average molecular weight is 464 g/mol. The number of Topliss-reactive ketones (excluding diaryl/α,β-unsaturated/α-hetero) is 1. The molecule has 4 aromatic rings. The van der Waals surface area contributed by atoms with E-state index < -0.39 is 0 Å². The van der Waals surface area contributed by atoms with Gasteiger partial charge in [-0.05, 0) is 60.8 Å². The molecule has 0 saturated carbocycles. The Morgan fingerprint density at radius 2 is 1.86 bits per heavy atom. The van der Waals surface area contributed by atoms with Crippen LogP contribution in [0.1, 0.15) is 38.3 Å². The van der Waals surface area contributed by atoms with Crippen LogP contribution in [0, 0.1) is 18.8 Å². The Morgan fingerprint density at radius 1 is 1.00 bits per heavy atom. The maximum atomic E-state index is 13.0. The van der Waals surface area contributed by atoms with Gasteiger partial charge < -0.3 is 4.90 Å². The van der Waals surface area contributed by atoms with Crippen molar-refractivity contribution >= 4 is 11.4 Å². The molecule has 0 amide bonds. The van der Waals surface area contributed by atoms with Gasteiger partial charge in [-0.15, -0.1) is 0 Å². The third-order valence-corrected chi connectivity index (χ3v) is 6.56. The summed E-state index contributed by atoms with van der Waals surface area (Å²) in [5, 5.41) is 4.29. The summed E-state index contributed by atoms with van der Waals surface area (Å²) in [5.41, 5.74) is 6.56. The molecule has 0 spiro atoms. The molecule has 0 unspecified atom stereocenters. The van der Waals surface area contributed by atoms with Crippen molar-refractivity contribution in [2.45, 2.75) is 19.9 Å². The molecule has 1 saturated heterocycles. The number of carbonyl (C=O) groups excluding carboxylic acids is 1. The number of likely N-dealkylation sites (N-methyl/N-ethyl adjacent to an activating group) is 1. The fourth-order valence-corrected chi connectivity index (χ4v) is 4.40. The first kappa shape index (κ1) is 23.0. The first-order valence-electron chi connectivity index (χ1n) is 12.0. The predicted molar refractivity (Wildman–Crippen MR) is 137 cm³/mol. The van der Waals surface area contributed by atoms with Gasteiger partial charge in [0.15, 0.2) is 11.4 Å². The third-order valence-electron chi connectivity index (χ3n) is 6.56. The second kappa shape index (κ2) is 10.2. The Balaban J connectivity index is 1.26. The molecule has 2 aromatic carbocycles. The van der Waals surface area contributed by atoms with Crippen molar-refractivity contribution in [1.82, 2.24) is 24.4 Å². The van der Waals surface area contributed by atoms with Crippen LogP contribution in [0.5, 0.6) is 0 Å². The molecule has 0 radical (unpaired) electrons. The number of aromatic nitrogens is 3. The van der Waals surface area contributed by atoms with Crippen LogP contribution in [0.15, 0.2) is 67.0 Å². The standard InChI is InChI=1S/C29H29N5O/c1-22-17-24(8-10-26(22)21-33-15-13-32(2)14-16-33)19-28(35)25-6-3-5-23(18-25)9-11-27-20-30-29-7-4-12-31-34(27)29/h3-8,10,12,17-18,20H,13-16,19,21H2,1-2H3. The smallest absolute Gasteiger partial charge is 0.167 e. The Morgan fingerprint density at radius 3 is 2.69 bits per heavy atom. The largest absolute Gasteiger partial charge is 0.304 e. The van der Waals surface area contributed by atoms with E-state index in [4.69, 9.17) is 0 Å². The van der Waals surface area contributed by atoms with Gasteiger partial charge in [0.2, 0.25) is 0 Å². The van der Waals surface area contributed by atoms with Crippen LogP contribution in [0.25, 0.3) is 5.65 Å². The minimum absolute atomic E-state index is 0.0938. The lowest BCUT2D eigenvalue weighted by molar-refractivity contribution is 0.0993. The normalized spacial score (nSPS) is 14.6. The molecule has 1 aliphatic rings. The van der Waals surface area contributed by atoms with Crippen LogP contribution < -0.4 is 0 Å². The Labute approximate surface area is 206 Å². The van der Waals surface area contributed by atoms with Crippen molar-refractivity contribution in [1.29, 1.82) is 0 Å². The van der Waals surface area contributed by atoms with Gasteiger partial charge in [-0.1, -0.05) is 36.3 Å². The van der Waals surface area contributed by atoms with Crippen LogP contribution in [-0.4, -0.2) is 63.4 Å². The van der Waals surface area contributed by atoms with Gasteiger partial charge in [-0.25, -0.2) is 9.50 Å². The zero-order chi connectivity index (χ0) is 24.2. The van der Waals surface area contributed by atoms with Gasteiger partial charge >= 0.3 is 0 Å². The molecular weight excluding hydrogens is 434 g/mol. The van der Waals surface area contributed by atoms with Gasteiger partial charge in [-0.3, -0.25) is 9.69 Å². The second-order valence-corrected chi connectivity index (χ2v) is 9.21. The Kier molecular flexibility index (Phi) is 6.71. The molecule has 0 bridgehead atoms. The lowest BCUT2D eigenvalue weighted by Gasteiger charge is -2.32. The van der Waals surface area contributed by atoms with E-state index in [2.05, 4.69) is 63.9 Å². The monoisotopic (exact) mass is 463 g/mol. The molecule has 5 rings (SSSR count). The molecule has 1 fully saturated rings. The van der Waals surface area contributed by atoms with Gasteiger partial charge in [0.25, 0.3) is 0 Å². The van der Waals surface area contributed by atoms with Crippen molar-refractivity contribution in [3.63, 3.8) is 0 Å². The van der Waals surface area contributed by atoms with Crippen molar-refractivity contribution in [3.05, 3.63) is 101 Å². The van der Waals surface area contributed by atoms with E-state index in [1.54, 1.807) is 16.9 Å². The number of benzene rings is 2. The topological polar surface area (TPSA) is 53.7 Å². The number of hydrogen-bond acceptors (Lipinski definition) is 5. The number of nitrogens with zero attached hydrogens (tertiary/aromatic N) is 5. The lowest BCUT2D eigenvalue weighted by atomic mass is 9.98. The van der Waals surface area contributed by atoms with E-state index in [9.17, 15) is 4.79 Å². The molecule has 35 heavy (non-hydrogen) atoms. The van der Waals surface area contributed by atoms with Crippen molar-refractivity contribution in [2.75, 3.05) is 33.2 Å². The highest BCUT2D eigenvalue weighted by molar-refractivity contribution is 5.97. The molecule has 6 heteroatoms. The Hall–Kier alpha value is -3.79. The van der Waals surface area contributed by atoms with Crippen LogP contribution in [0.3, 0.4) is 0 Å². The van der Waals surface area contributed by atoms with E-state index in [1.807, 2.05) is 36.4 Å². The summed E-state index contributed by atoms with van der Waals surface area (Å²) in [6.07, 6.45) is 3.80. The lowest BCUT2D eigenvalue weighted by Crippen LogP contribution is -2.43. The maximum absolute atomic E-state index is 13.0. The highest BCUT2D eigenvalue weighted by Crippen LogP contribution is 2.17. The van der Waals surface area contributed by atoms with E-state index in [1.165, 1.54) is 11.1 Å². The summed E-state index contributed by atoms with van der Waals surface area (Å²) < 4.78 is 1.71. The fraction of sp³-hybridized carbons (Fsp3) is 0.276. The van der Waals surface area contributed by atoms with Crippen LogP contribution >= 0.6 is 0 Å². The Bertz CT molecular complexity index is 1420. The third kappa shape index (κ3) is 5.48. The minimum Gasteiger partial charge on any atom is -0.304 e. The second-order valence-electron chi connectivity index (χ2n) is 9.21. The van der Waals surface area contributed by atoms with Crippen molar-refractivity contribution in [2.24, 2.45) is 0 Å². The van der Waals surface area contributed by atoms with Crippen LogP contribution in [0.4, 0.5) is 0 Å². The summed E-state index contributed by atoms with van der Waals surface area (Å²) in [6, 6.07) is 17.7. The molecule has 1 aliphatic heterocycles. The number of carbonyl (C=O) groups is 1. The molecule has 3 heterocycles. The SMILES string of the molecule is Cc1cc(CC(=O)c2cccc(C#Cc3cnc4cccnn34)c2)ccc1CN1CCN(C)CC1. The molecule has 0 N–H and O–H groups in total.